The Kier molecular flexibility index (Phi) is 14.8. The quantitative estimate of drug-likeness (QED) is 0.122. The van der Waals surface area contributed by atoms with Gasteiger partial charge in [-0.2, -0.15) is 0 Å². The van der Waals surface area contributed by atoms with E-state index >= 15 is 0 Å². The molecule has 6 heteroatoms. The van der Waals surface area contributed by atoms with Crippen LogP contribution in [0.2, 0.25) is 0 Å². The van der Waals surface area contributed by atoms with Crippen LogP contribution < -0.4 is 0 Å². The van der Waals surface area contributed by atoms with Gasteiger partial charge in [-0.15, -0.1) is 0 Å². The third-order valence-corrected chi connectivity index (χ3v) is 7.74. The van der Waals surface area contributed by atoms with Crippen LogP contribution in [0.3, 0.4) is 0 Å². The number of carbonyl (C=O) groups is 2. The molecule has 0 saturated carbocycles. The molecule has 0 fully saturated rings. The van der Waals surface area contributed by atoms with Crippen molar-refractivity contribution >= 4 is 23.4 Å². The second kappa shape index (κ2) is 20.2. The maximum atomic E-state index is 11.7. The number of hydrogen-bond donors (Lipinski definition) is 1. The Balaban J connectivity index is 0.000000189. The van der Waals surface area contributed by atoms with Crippen molar-refractivity contribution < 1.29 is 19.1 Å². The summed E-state index contributed by atoms with van der Waals surface area (Å²) in [6.45, 7) is 2.54. The van der Waals surface area contributed by atoms with E-state index in [-0.39, 0.29) is 11.9 Å². The number of nitrogens with zero attached hydrogens (tertiary/aromatic N) is 1. The van der Waals surface area contributed by atoms with Crippen molar-refractivity contribution in [3.63, 3.8) is 0 Å². The number of ether oxygens (including phenoxy) is 2. The van der Waals surface area contributed by atoms with E-state index in [1.807, 2.05) is 133 Å². The molecule has 0 saturated heterocycles. The lowest BCUT2D eigenvalue weighted by molar-refractivity contribution is 0.0591. The van der Waals surface area contributed by atoms with Gasteiger partial charge >= 0.3 is 11.9 Å². The van der Waals surface area contributed by atoms with Crippen LogP contribution in [-0.2, 0) is 22.4 Å². The molecule has 0 radical (unpaired) electrons. The van der Waals surface area contributed by atoms with Crippen LogP contribution in [0.25, 0.3) is 0 Å². The van der Waals surface area contributed by atoms with Gasteiger partial charge in [-0.05, 0) is 52.9 Å². The van der Waals surface area contributed by atoms with Crippen LogP contribution in [0, 0.1) is 5.41 Å². The number of nitrogens with one attached hydrogen (secondary N) is 1. The highest BCUT2D eigenvalue weighted by Gasteiger charge is 2.09. The van der Waals surface area contributed by atoms with E-state index in [0.29, 0.717) is 23.4 Å². The minimum atomic E-state index is -0.336. The highest BCUT2D eigenvalue weighted by atomic mass is 16.5. The van der Waals surface area contributed by atoms with Crippen LogP contribution in [0.1, 0.15) is 61.0 Å². The molecule has 0 unspecified atom stereocenters. The fourth-order valence-electron chi connectivity index (χ4n) is 5.04. The molecule has 1 N–H and O–H groups in total. The highest BCUT2D eigenvalue weighted by Crippen LogP contribution is 2.14. The number of hydrogen-bond acceptors (Lipinski definition) is 6. The van der Waals surface area contributed by atoms with Gasteiger partial charge in [0.2, 0.25) is 0 Å². The van der Waals surface area contributed by atoms with Crippen molar-refractivity contribution in [2.75, 3.05) is 14.2 Å². The number of benzene rings is 6. The van der Waals surface area contributed by atoms with E-state index in [1.165, 1.54) is 14.2 Å². The molecule has 0 aromatic heterocycles. The molecule has 0 heterocycles. The smallest absolute Gasteiger partial charge is 0.337 e. The Morgan fingerprint density at radius 2 is 0.843 bits per heavy atom. The first-order chi connectivity index (χ1) is 24.9. The summed E-state index contributed by atoms with van der Waals surface area (Å²) in [6, 6.07) is 54.6. The number of aliphatic imine (C=N–C) groups is 1. The van der Waals surface area contributed by atoms with Gasteiger partial charge in [-0.25, -0.2) is 9.59 Å². The number of aryl methyl sites for hydroxylation is 1. The molecule has 0 aliphatic heterocycles. The maximum Gasteiger partial charge on any atom is 0.337 e. The van der Waals surface area contributed by atoms with Gasteiger partial charge in [-0.1, -0.05) is 153 Å². The Morgan fingerprint density at radius 3 is 1.24 bits per heavy atom. The van der Waals surface area contributed by atoms with Crippen LogP contribution >= 0.6 is 0 Å². The molecule has 256 valence electrons. The van der Waals surface area contributed by atoms with E-state index in [1.54, 1.807) is 12.1 Å². The summed E-state index contributed by atoms with van der Waals surface area (Å²) in [6.07, 6.45) is 0.935. The zero-order chi connectivity index (χ0) is 36.3. The topological polar surface area (TPSA) is 88.8 Å². The molecule has 0 aliphatic rings. The van der Waals surface area contributed by atoms with Gasteiger partial charge in [0, 0.05) is 11.1 Å². The second-order valence-electron chi connectivity index (χ2n) is 11.2. The lowest BCUT2D eigenvalue weighted by Crippen LogP contribution is -2.05. The Hall–Kier alpha value is -6.40. The molecule has 6 nitrogen and oxygen atoms in total. The Bertz CT molecular complexity index is 1930. The van der Waals surface area contributed by atoms with Gasteiger partial charge in [0.05, 0.1) is 43.3 Å². The van der Waals surface area contributed by atoms with E-state index in [9.17, 15) is 9.59 Å². The zero-order valence-electron chi connectivity index (χ0n) is 29.2. The summed E-state index contributed by atoms with van der Waals surface area (Å²) < 4.78 is 9.38. The molecule has 0 amide bonds. The first-order valence-electron chi connectivity index (χ1n) is 16.6. The summed E-state index contributed by atoms with van der Waals surface area (Å²) in [5, 5.41) is 7.97. The van der Waals surface area contributed by atoms with Gasteiger partial charge in [0.25, 0.3) is 0 Å². The largest absolute Gasteiger partial charge is 0.465 e. The SMILES string of the molecule is CCc1cccc(C(=O)OC)c1.COC(=O)c1cccc(CN=C(c2ccccc2)c2ccccc2)c1.N=C(c1ccccc1)c1ccccc1. The van der Waals surface area contributed by atoms with Crippen LogP contribution in [-0.4, -0.2) is 37.6 Å². The fourth-order valence-corrected chi connectivity index (χ4v) is 5.04. The van der Waals surface area contributed by atoms with E-state index in [2.05, 4.69) is 35.9 Å². The average molecular weight is 675 g/mol. The van der Waals surface area contributed by atoms with E-state index in [4.69, 9.17) is 15.1 Å². The second-order valence-corrected chi connectivity index (χ2v) is 11.2. The Labute approximate surface area is 300 Å². The monoisotopic (exact) mass is 674 g/mol. The first kappa shape index (κ1) is 37.4. The van der Waals surface area contributed by atoms with Crippen LogP contribution in [0.5, 0.6) is 0 Å². The van der Waals surface area contributed by atoms with Gasteiger partial charge in [0.15, 0.2) is 0 Å². The van der Waals surface area contributed by atoms with E-state index < -0.39 is 0 Å². The minimum Gasteiger partial charge on any atom is -0.465 e. The molecule has 0 spiro atoms. The number of methoxy groups -OCH3 is 2. The van der Waals surface area contributed by atoms with Crippen molar-refractivity contribution in [3.8, 4) is 0 Å². The molecule has 0 aliphatic carbocycles. The molecule has 6 aromatic carbocycles. The number of esters is 2. The predicted molar refractivity (Wildman–Crippen MR) is 206 cm³/mol. The summed E-state index contributed by atoms with van der Waals surface area (Å²) in [5.74, 6) is -0.609. The molecule has 0 bridgehead atoms. The third kappa shape index (κ3) is 11.6. The molecular formula is C45H42N2O4. The van der Waals surface area contributed by atoms with Crippen molar-refractivity contribution in [1.82, 2.24) is 0 Å². The van der Waals surface area contributed by atoms with Crippen LogP contribution in [0.15, 0.2) is 175 Å². The Morgan fingerprint density at radius 1 is 0.490 bits per heavy atom. The highest BCUT2D eigenvalue weighted by molar-refractivity contribution is 6.13. The molecule has 0 atom stereocenters. The standard InChI is InChI=1S/C22H19NO2.C13H11N.C10H12O2/c1-25-22(24)20-14-8-9-17(15-20)16-23-21(18-10-4-2-5-11-18)19-12-6-3-7-13-19;14-13(11-7-3-1-4-8-11)12-9-5-2-6-10-12;1-3-8-5-4-6-9(7-8)10(11)12-2/h2-15H,16H2,1H3;1-10,14H;4-7H,3H2,1-2H3. The van der Waals surface area contributed by atoms with Crippen molar-refractivity contribution in [1.29, 1.82) is 5.41 Å². The molecule has 51 heavy (non-hydrogen) atoms. The number of carbonyl (C=O) groups excluding carboxylic acids is 2. The van der Waals surface area contributed by atoms with Crippen LogP contribution in [0.4, 0.5) is 0 Å². The van der Waals surface area contributed by atoms with Crippen molar-refractivity contribution in [2.24, 2.45) is 4.99 Å². The van der Waals surface area contributed by atoms with E-state index in [0.717, 1.165) is 45.5 Å². The van der Waals surface area contributed by atoms with Crippen molar-refractivity contribution in [3.05, 3.63) is 214 Å². The fraction of sp³-hybridized carbons (Fsp3) is 0.111. The summed E-state index contributed by atoms with van der Waals surface area (Å²) >= 11 is 0. The lowest BCUT2D eigenvalue weighted by atomic mass is 10.0. The summed E-state index contributed by atoms with van der Waals surface area (Å²) in [7, 11) is 2.77. The summed E-state index contributed by atoms with van der Waals surface area (Å²) in [5.41, 5.74) is 8.84. The predicted octanol–water partition coefficient (Wildman–Crippen LogP) is 9.65. The molecule has 6 rings (SSSR count). The lowest BCUT2D eigenvalue weighted by Gasteiger charge is -2.08. The van der Waals surface area contributed by atoms with Crippen molar-refractivity contribution in [2.45, 2.75) is 19.9 Å². The van der Waals surface area contributed by atoms with Gasteiger partial charge in [0.1, 0.15) is 0 Å². The first-order valence-corrected chi connectivity index (χ1v) is 16.6. The van der Waals surface area contributed by atoms with Gasteiger partial charge in [-0.3, -0.25) is 10.4 Å². The molecular weight excluding hydrogens is 633 g/mol. The summed E-state index contributed by atoms with van der Waals surface area (Å²) in [4.78, 5) is 27.6. The zero-order valence-corrected chi connectivity index (χ0v) is 29.2. The molecule has 6 aromatic rings. The normalized spacial score (nSPS) is 9.86. The average Bonchev–Trinajstić information content (AvgIpc) is 3.22. The number of rotatable bonds is 9. The van der Waals surface area contributed by atoms with Gasteiger partial charge < -0.3 is 9.47 Å². The third-order valence-electron chi connectivity index (χ3n) is 7.74. The maximum absolute atomic E-state index is 11.7. The minimum absolute atomic E-state index is 0.273.